The molecule has 0 spiro atoms. The van der Waals surface area contributed by atoms with Crippen LogP contribution in [0.2, 0.25) is 0 Å². The number of nitrogens with one attached hydrogen (secondary N) is 2. The predicted molar refractivity (Wildman–Crippen MR) is 75.6 cm³/mol. The van der Waals surface area contributed by atoms with Crippen LogP contribution in [0.5, 0.6) is 0 Å². The molecule has 0 aliphatic carbocycles. The number of carbonyl (C=O) groups is 1. The van der Waals surface area contributed by atoms with Crippen LogP contribution in [0.4, 0.5) is 0 Å². The van der Waals surface area contributed by atoms with E-state index in [-0.39, 0.29) is 5.91 Å². The van der Waals surface area contributed by atoms with E-state index < -0.39 is 0 Å². The summed E-state index contributed by atoms with van der Waals surface area (Å²) in [7, 11) is 0. The highest BCUT2D eigenvalue weighted by Gasteiger charge is 2.25. The van der Waals surface area contributed by atoms with E-state index in [1.54, 1.807) is 6.92 Å². The van der Waals surface area contributed by atoms with Crippen LogP contribution in [-0.4, -0.2) is 49.6 Å². The van der Waals surface area contributed by atoms with E-state index in [4.69, 9.17) is 0 Å². The highest BCUT2D eigenvalue weighted by molar-refractivity contribution is 5.72. The van der Waals surface area contributed by atoms with Gasteiger partial charge in [-0.3, -0.25) is 9.69 Å². The Balaban J connectivity index is 2.37. The number of piperidine rings is 1. The molecule has 0 bridgehead atoms. The number of carbonyl (C=O) groups excluding carboxylic acids is 1. The maximum Gasteiger partial charge on any atom is 0.216 e. The highest BCUT2D eigenvalue weighted by atomic mass is 16.1. The van der Waals surface area contributed by atoms with Crippen molar-refractivity contribution >= 4 is 5.91 Å². The third kappa shape index (κ3) is 5.83. The van der Waals surface area contributed by atoms with E-state index in [0.717, 1.165) is 32.1 Å². The summed E-state index contributed by atoms with van der Waals surface area (Å²) in [5, 5.41) is 6.46. The number of likely N-dealkylation sites (N-methyl/N-ethyl adjacent to an activating group) is 1. The summed E-state index contributed by atoms with van der Waals surface area (Å²) >= 11 is 0. The largest absolute Gasteiger partial charge is 0.355 e. The zero-order valence-corrected chi connectivity index (χ0v) is 12.2. The van der Waals surface area contributed by atoms with Crippen molar-refractivity contribution < 1.29 is 4.79 Å². The quantitative estimate of drug-likeness (QED) is 0.719. The van der Waals surface area contributed by atoms with Gasteiger partial charge in [0.25, 0.3) is 0 Å². The summed E-state index contributed by atoms with van der Waals surface area (Å²) < 4.78 is 0. The molecule has 1 rings (SSSR count). The van der Waals surface area contributed by atoms with Gasteiger partial charge in [-0.1, -0.05) is 20.3 Å². The van der Waals surface area contributed by atoms with Crippen LogP contribution in [0.15, 0.2) is 0 Å². The molecule has 0 aromatic carbocycles. The monoisotopic (exact) mass is 255 g/mol. The lowest BCUT2D eigenvalue weighted by Gasteiger charge is -2.38. The average Bonchev–Trinajstić information content (AvgIpc) is 2.29. The zero-order chi connectivity index (χ0) is 13.4. The Morgan fingerprint density at radius 2 is 2.11 bits per heavy atom. The van der Waals surface area contributed by atoms with E-state index in [0.29, 0.717) is 6.04 Å². The van der Waals surface area contributed by atoms with Crippen LogP contribution < -0.4 is 10.6 Å². The molecule has 1 amide bonds. The van der Waals surface area contributed by atoms with Gasteiger partial charge in [-0.25, -0.2) is 0 Å². The second-order valence-electron chi connectivity index (χ2n) is 5.39. The van der Waals surface area contributed by atoms with Gasteiger partial charge in [0.1, 0.15) is 0 Å². The Morgan fingerprint density at radius 3 is 2.72 bits per heavy atom. The van der Waals surface area contributed by atoms with Crippen molar-refractivity contribution in [1.82, 2.24) is 15.5 Å². The van der Waals surface area contributed by atoms with Crippen LogP contribution >= 0.6 is 0 Å². The first-order valence-corrected chi connectivity index (χ1v) is 7.35. The molecule has 2 unspecified atom stereocenters. The van der Waals surface area contributed by atoms with Crippen molar-refractivity contribution in [3.05, 3.63) is 0 Å². The van der Waals surface area contributed by atoms with E-state index in [1.165, 1.54) is 25.8 Å². The van der Waals surface area contributed by atoms with E-state index in [9.17, 15) is 4.79 Å². The van der Waals surface area contributed by atoms with Crippen LogP contribution in [-0.2, 0) is 4.79 Å². The third-order valence-electron chi connectivity index (χ3n) is 3.60. The number of rotatable bonds is 7. The van der Waals surface area contributed by atoms with Crippen LogP contribution in [0.3, 0.4) is 0 Å². The van der Waals surface area contributed by atoms with Gasteiger partial charge in [0, 0.05) is 39.1 Å². The van der Waals surface area contributed by atoms with Gasteiger partial charge in [0.05, 0.1) is 0 Å². The molecule has 2 atom stereocenters. The molecule has 0 radical (unpaired) electrons. The van der Waals surface area contributed by atoms with Gasteiger partial charge in [-0.05, 0) is 25.3 Å². The molecule has 1 saturated heterocycles. The second kappa shape index (κ2) is 8.48. The Labute approximate surface area is 111 Å². The lowest BCUT2D eigenvalue weighted by atomic mass is 9.90. The molecule has 0 saturated carbocycles. The first-order chi connectivity index (χ1) is 8.65. The molecule has 0 aromatic rings. The summed E-state index contributed by atoms with van der Waals surface area (Å²) in [5.41, 5.74) is 0. The third-order valence-corrected chi connectivity index (χ3v) is 3.60. The first kappa shape index (κ1) is 15.4. The molecule has 1 aliphatic heterocycles. The summed E-state index contributed by atoms with van der Waals surface area (Å²) in [6.07, 6.45) is 3.89. The van der Waals surface area contributed by atoms with Crippen molar-refractivity contribution in [3.8, 4) is 0 Å². The van der Waals surface area contributed by atoms with E-state index in [2.05, 4.69) is 29.4 Å². The molecule has 2 N–H and O–H groups in total. The molecule has 4 nitrogen and oxygen atoms in total. The fraction of sp³-hybridized carbons (Fsp3) is 0.929. The van der Waals surface area contributed by atoms with Gasteiger partial charge < -0.3 is 10.6 Å². The topological polar surface area (TPSA) is 44.4 Å². The Kier molecular flexibility index (Phi) is 7.28. The van der Waals surface area contributed by atoms with Gasteiger partial charge in [-0.2, -0.15) is 0 Å². The summed E-state index contributed by atoms with van der Waals surface area (Å²) in [6.45, 7) is 11.1. The van der Waals surface area contributed by atoms with Crippen molar-refractivity contribution in [2.24, 2.45) is 5.92 Å². The average molecular weight is 255 g/mol. The minimum absolute atomic E-state index is 0.0698. The Bertz CT molecular complexity index is 231. The fourth-order valence-corrected chi connectivity index (χ4v) is 2.93. The van der Waals surface area contributed by atoms with Crippen molar-refractivity contribution in [3.63, 3.8) is 0 Å². The number of nitrogens with zero attached hydrogens (tertiary/aromatic N) is 1. The molecule has 106 valence electrons. The standard InChI is InChI=1S/C14H29N3O/c1-4-6-13-9-14(15-5-2)11-17(10-13)8-7-16-12(3)18/h13-15H,4-11H2,1-3H3,(H,16,18). The zero-order valence-electron chi connectivity index (χ0n) is 12.2. The molecule has 1 heterocycles. The fourth-order valence-electron chi connectivity index (χ4n) is 2.93. The van der Waals surface area contributed by atoms with Gasteiger partial charge >= 0.3 is 0 Å². The number of hydrogen-bond donors (Lipinski definition) is 2. The minimum Gasteiger partial charge on any atom is -0.355 e. The number of hydrogen-bond acceptors (Lipinski definition) is 3. The predicted octanol–water partition coefficient (Wildman–Crippen LogP) is 1.22. The maximum atomic E-state index is 10.9. The van der Waals surface area contributed by atoms with E-state index >= 15 is 0 Å². The molecule has 18 heavy (non-hydrogen) atoms. The summed E-state index contributed by atoms with van der Waals surface area (Å²) in [5.74, 6) is 0.880. The smallest absolute Gasteiger partial charge is 0.216 e. The lowest BCUT2D eigenvalue weighted by molar-refractivity contribution is -0.119. The lowest BCUT2D eigenvalue weighted by Crippen LogP contribution is -2.50. The Morgan fingerprint density at radius 1 is 1.33 bits per heavy atom. The SMILES string of the molecule is CCCC1CC(NCC)CN(CCNC(C)=O)C1. The summed E-state index contributed by atoms with van der Waals surface area (Å²) in [4.78, 5) is 13.4. The molecular formula is C14H29N3O. The Hall–Kier alpha value is -0.610. The van der Waals surface area contributed by atoms with Gasteiger partial charge in [0.2, 0.25) is 5.91 Å². The summed E-state index contributed by atoms with van der Waals surface area (Å²) in [6, 6.07) is 0.623. The van der Waals surface area contributed by atoms with Crippen LogP contribution in [0.1, 0.15) is 40.0 Å². The van der Waals surface area contributed by atoms with Crippen molar-refractivity contribution in [2.75, 3.05) is 32.7 Å². The molecular weight excluding hydrogens is 226 g/mol. The maximum absolute atomic E-state index is 10.9. The first-order valence-electron chi connectivity index (χ1n) is 7.35. The molecule has 1 aliphatic rings. The normalized spacial score (nSPS) is 25.1. The highest BCUT2D eigenvalue weighted by Crippen LogP contribution is 2.21. The molecule has 4 heteroatoms. The van der Waals surface area contributed by atoms with Gasteiger partial charge in [0.15, 0.2) is 0 Å². The number of amides is 1. The second-order valence-corrected chi connectivity index (χ2v) is 5.39. The van der Waals surface area contributed by atoms with Crippen LogP contribution in [0, 0.1) is 5.92 Å². The number of likely N-dealkylation sites (tertiary alicyclic amines) is 1. The van der Waals surface area contributed by atoms with Crippen LogP contribution in [0.25, 0.3) is 0 Å². The van der Waals surface area contributed by atoms with Gasteiger partial charge in [-0.15, -0.1) is 0 Å². The van der Waals surface area contributed by atoms with Crippen molar-refractivity contribution in [1.29, 1.82) is 0 Å². The van der Waals surface area contributed by atoms with E-state index in [1.807, 2.05) is 0 Å². The molecule has 1 fully saturated rings. The molecule has 0 aromatic heterocycles. The minimum atomic E-state index is 0.0698. The van der Waals surface area contributed by atoms with Crippen molar-refractivity contribution in [2.45, 2.75) is 46.1 Å².